The first kappa shape index (κ1) is 19.3. The molecule has 0 aliphatic carbocycles. The lowest BCUT2D eigenvalue weighted by molar-refractivity contribution is -0.123. The zero-order chi connectivity index (χ0) is 20.4. The zero-order valence-electron chi connectivity index (χ0n) is 15.8. The molecule has 1 saturated heterocycles. The summed E-state index contributed by atoms with van der Waals surface area (Å²) in [6, 6.07) is 15.0. The van der Waals surface area contributed by atoms with Gasteiger partial charge < -0.3 is 16.0 Å². The summed E-state index contributed by atoms with van der Waals surface area (Å²) in [6.07, 6.45) is 3.03. The van der Waals surface area contributed by atoms with Gasteiger partial charge in [0, 0.05) is 29.5 Å². The summed E-state index contributed by atoms with van der Waals surface area (Å²) in [5, 5.41) is 2.89. The maximum Gasteiger partial charge on any atom is 0.262 e. The van der Waals surface area contributed by atoms with Gasteiger partial charge in [-0.25, -0.2) is 0 Å². The van der Waals surface area contributed by atoms with Crippen LogP contribution in [0.2, 0.25) is 0 Å². The van der Waals surface area contributed by atoms with Gasteiger partial charge in [-0.3, -0.25) is 14.4 Å². The van der Waals surface area contributed by atoms with Crippen molar-refractivity contribution < 1.29 is 14.4 Å². The Morgan fingerprint density at radius 3 is 2.52 bits per heavy atom. The van der Waals surface area contributed by atoms with Gasteiger partial charge in [-0.1, -0.05) is 42.1 Å². The van der Waals surface area contributed by atoms with Crippen molar-refractivity contribution in [3.05, 3.63) is 64.6 Å². The van der Waals surface area contributed by atoms with E-state index < -0.39 is 0 Å². The summed E-state index contributed by atoms with van der Waals surface area (Å²) in [7, 11) is 0. The van der Waals surface area contributed by atoms with Gasteiger partial charge in [0.1, 0.15) is 0 Å². The van der Waals surface area contributed by atoms with Crippen LogP contribution in [0, 0.1) is 5.92 Å². The number of benzene rings is 2. The molecule has 2 aliphatic heterocycles. The first-order valence-electron chi connectivity index (χ1n) is 9.50. The molecule has 2 aliphatic rings. The molecule has 0 saturated carbocycles. The molecule has 2 aromatic carbocycles. The molecule has 0 bridgehead atoms. The fourth-order valence-corrected chi connectivity index (χ4v) is 4.48. The molecule has 0 radical (unpaired) electrons. The van der Waals surface area contributed by atoms with Crippen LogP contribution in [0.5, 0.6) is 0 Å². The number of piperidine rings is 1. The number of likely N-dealkylation sites (tertiary alicyclic amines) is 1. The largest absolute Gasteiger partial charge is 0.369 e. The molecule has 1 fully saturated rings. The summed E-state index contributed by atoms with van der Waals surface area (Å²) in [5.74, 6) is -0.739. The number of nitrogens with zero attached hydrogens (tertiary/aromatic N) is 1. The van der Waals surface area contributed by atoms with E-state index in [2.05, 4.69) is 5.32 Å². The van der Waals surface area contributed by atoms with Crippen LogP contribution in [0.3, 0.4) is 0 Å². The van der Waals surface area contributed by atoms with E-state index in [9.17, 15) is 14.4 Å². The number of hydrogen-bond acceptors (Lipinski definition) is 4. The number of fused-ring (bicyclic) bond motifs is 1. The number of rotatable bonds is 3. The SMILES string of the molecule is NC(=O)C1CCN(C(=O)c2ccc3c(c2)NC(=O)/C(=C/c2ccccc2)S3)CC1. The standard InChI is InChI=1S/C22H21N3O3S/c23-20(26)15-8-10-25(11-9-15)22(28)16-6-7-18-17(13-16)24-21(27)19(29-18)12-14-4-2-1-3-5-14/h1-7,12-13,15H,8-11H2,(H2,23,26)(H,24,27)/b19-12-. The third-order valence-corrected chi connectivity index (χ3v) is 6.30. The Kier molecular flexibility index (Phi) is 5.40. The van der Waals surface area contributed by atoms with Gasteiger partial charge in [0.25, 0.3) is 11.8 Å². The Morgan fingerprint density at radius 2 is 1.83 bits per heavy atom. The van der Waals surface area contributed by atoms with Gasteiger partial charge in [0.15, 0.2) is 0 Å². The van der Waals surface area contributed by atoms with Crippen molar-refractivity contribution in [2.75, 3.05) is 18.4 Å². The Balaban J connectivity index is 1.49. The van der Waals surface area contributed by atoms with E-state index in [1.807, 2.05) is 42.5 Å². The first-order valence-corrected chi connectivity index (χ1v) is 10.3. The summed E-state index contributed by atoms with van der Waals surface area (Å²) in [6.45, 7) is 1.02. The van der Waals surface area contributed by atoms with Crippen LogP contribution in [0.4, 0.5) is 5.69 Å². The minimum absolute atomic E-state index is 0.0967. The van der Waals surface area contributed by atoms with Gasteiger partial charge in [-0.2, -0.15) is 0 Å². The highest BCUT2D eigenvalue weighted by molar-refractivity contribution is 8.04. The highest BCUT2D eigenvalue weighted by atomic mass is 32.2. The predicted octanol–water partition coefficient (Wildman–Crippen LogP) is 3.11. The minimum atomic E-state index is -0.301. The van der Waals surface area contributed by atoms with Gasteiger partial charge in [0.2, 0.25) is 5.91 Å². The number of carbonyl (C=O) groups is 3. The summed E-state index contributed by atoms with van der Waals surface area (Å²) in [5.41, 5.74) is 7.48. The van der Waals surface area contributed by atoms with Crippen LogP contribution in [0.15, 0.2) is 58.3 Å². The van der Waals surface area contributed by atoms with E-state index in [-0.39, 0.29) is 23.6 Å². The monoisotopic (exact) mass is 407 g/mol. The van der Waals surface area contributed by atoms with Gasteiger partial charge in [0.05, 0.1) is 10.6 Å². The fourth-order valence-electron chi connectivity index (χ4n) is 3.54. The molecule has 2 heterocycles. The second-order valence-corrected chi connectivity index (χ2v) is 8.24. The maximum absolute atomic E-state index is 12.8. The molecule has 148 valence electrons. The third-order valence-electron chi connectivity index (χ3n) is 5.20. The van der Waals surface area contributed by atoms with E-state index >= 15 is 0 Å². The van der Waals surface area contributed by atoms with Gasteiger partial charge in [-0.15, -0.1) is 0 Å². The number of carbonyl (C=O) groups excluding carboxylic acids is 3. The summed E-state index contributed by atoms with van der Waals surface area (Å²) >= 11 is 1.39. The predicted molar refractivity (Wildman–Crippen MR) is 113 cm³/mol. The van der Waals surface area contributed by atoms with Crippen molar-refractivity contribution in [3.63, 3.8) is 0 Å². The molecule has 0 spiro atoms. The second-order valence-electron chi connectivity index (χ2n) is 7.16. The number of anilines is 1. The number of primary amides is 1. The zero-order valence-corrected chi connectivity index (χ0v) is 16.6. The van der Waals surface area contributed by atoms with Crippen molar-refractivity contribution in [1.82, 2.24) is 4.90 Å². The molecule has 29 heavy (non-hydrogen) atoms. The number of nitrogens with one attached hydrogen (secondary N) is 1. The molecule has 2 aromatic rings. The molecular weight excluding hydrogens is 386 g/mol. The van der Waals surface area contributed by atoms with E-state index in [1.54, 1.807) is 17.0 Å². The van der Waals surface area contributed by atoms with E-state index in [0.717, 1.165) is 10.5 Å². The average molecular weight is 407 g/mol. The van der Waals surface area contributed by atoms with Crippen LogP contribution >= 0.6 is 11.8 Å². The molecule has 4 rings (SSSR count). The van der Waals surface area contributed by atoms with Crippen LogP contribution in [0.25, 0.3) is 6.08 Å². The van der Waals surface area contributed by atoms with Gasteiger partial charge >= 0.3 is 0 Å². The Labute approximate surface area is 173 Å². The normalized spacial score (nSPS) is 18.3. The van der Waals surface area contributed by atoms with Crippen molar-refractivity contribution in [2.45, 2.75) is 17.7 Å². The number of thioether (sulfide) groups is 1. The minimum Gasteiger partial charge on any atom is -0.369 e. The molecular formula is C22H21N3O3S. The summed E-state index contributed by atoms with van der Waals surface area (Å²) in [4.78, 5) is 39.9. The molecule has 6 nitrogen and oxygen atoms in total. The summed E-state index contributed by atoms with van der Waals surface area (Å²) < 4.78 is 0. The van der Waals surface area contributed by atoms with Crippen LogP contribution in [-0.4, -0.2) is 35.7 Å². The van der Waals surface area contributed by atoms with Crippen LogP contribution < -0.4 is 11.1 Å². The Hall–Kier alpha value is -3.06. The van der Waals surface area contributed by atoms with Crippen molar-refractivity contribution in [1.29, 1.82) is 0 Å². The van der Waals surface area contributed by atoms with Crippen LogP contribution in [-0.2, 0) is 9.59 Å². The number of hydrogen-bond donors (Lipinski definition) is 2. The lowest BCUT2D eigenvalue weighted by atomic mass is 9.96. The van der Waals surface area contributed by atoms with Crippen molar-refractivity contribution >= 4 is 41.2 Å². The molecule has 3 amide bonds. The molecule has 3 N–H and O–H groups in total. The number of nitrogens with two attached hydrogens (primary N) is 1. The highest BCUT2D eigenvalue weighted by Crippen LogP contribution is 2.39. The maximum atomic E-state index is 12.8. The topological polar surface area (TPSA) is 92.5 Å². The first-order chi connectivity index (χ1) is 14.0. The lowest BCUT2D eigenvalue weighted by Crippen LogP contribution is -2.41. The highest BCUT2D eigenvalue weighted by Gasteiger charge is 2.28. The lowest BCUT2D eigenvalue weighted by Gasteiger charge is -2.31. The Bertz CT molecular complexity index is 996. The average Bonchev–Trinajstić information content (AvgIpc) is 2.74. The third kappa shape index (κ3) is 4.19. The quantitative estimate of drug-likeness (QED) is 0.765. The van der Waals surface area contributed by atoms with Crippen molar-refractivity contribution in [3.8, 4) is 0 Å². The molecule has 0 atom stereocenters. The van der Waals surface area contributed by atoms with Gasteiger partial charge in [-0.05, 0) is 42.7 Å². The van der Waals surface area contributed by atoms with Crippen LogP contribution in [0.1, 0.15) is 28.8 Å². The second kappa shape index (κ2) is 8.13. The Morgan fingerprint density at radius 1 is 1.10 bits per heavy atom. The van der Waals surface area contributed by atoms with E-state index in [0.29, 0.717) is 42.1 Å². The molecule has 0 aromatic heterocycles. The molecule has 7 heteroatoms. The number of amides is 3. The fraction of sp³-hybridized carbons (Fsp3) is 0.227. The van der Waals surface area contributed by atoms with E-state index in [4.69, 9.17) is 5.73 Å². The van der Waals surface area contributed by atoms with Crippen molar-refractivity contribution in [2.24, 2.45) is 11.7 Å². The smallest absolute Gasteiger partial charge is 0.262 e. The van der Waals surface area contributed by atoms with E-state index in [1.165, 1.54) is 11.8 Å². The molecule has 0 unspecified atom stereocenters.